The minimum absolute atomic E-state index is 0.0585. The third-order valence-corrected chi connectivity index (χ3v) is 2.66. The van der Waals surface area contributed by atoms with E-state index in [-0.39, 0.29) is 12.1 Å². The maximum Gasteiger partial charge on any atom is 0.311 e. The van der Waals surface area contributed by atoms with Crippen LogP contribution in [0.1, 0.15) is 13.8 Å². The van der Waals surface area contributed by atoms with Gasteiger partial charge in [-0.3, -0.25) is 10.1 Å². The van der Waals surface area contributed by atoms with Gasteiger partial charge in [-0.05, 0) is 18.8 Å². The normalized spacial score (nSPS) is 27.2. The van der Waals surface area contributed by atoms with Crippen molar-refractivity contribution < 1.29 is 9.66 Å². The van der Waals surface area contributed by atoms with Gasteiger partial charge >= 0.3 is 6.04 Å². The molecule has 5 radical (unpaired) electrons. The Hall–Kier alpha value is -1.13. The van der Waals surface area contributed by atoms with Crippen molar-refractivity contribution in [1.29, 1.82) is 0 Å². The van der Waals surface area contributed by atoms with Crippen LogP contribution in [0.15, 0.2) is 4.99 Å². The van der Waals surface area contributed by atoms with Gasteiger partial charge in [0, 0.05) is 4.92 Å². The Bertz CT molecular complexity index is 314. The molecule has 0 aromatic heterocycles. The van der Waals surface area contributed by atoms with Crippen molar-refractivity contribution in [3.8, 4) is 0 Å². The molecular formula is C11H13N2O3. The minimum Gasteiger partial charge on any atom is -0.478 e. The molecule has 0 amide bonds. The second-order valence-electron chi connectivity index (χ2n) is 4.14. The molecule has 0 bridgehead atoms. The summed E-state index contributed by atoms with van der Waals surface area (Å²) in [5.41, 5.74) is 0. The third-order valence-electron chi connectivity index (χ3n) is 2.66. The van der Waals surface area contributed by atoms with Crippen molar-refractivity contribution in [2.75, 3.05) is 6.61 Å². The highest BCUT2D eigenvalue weighted by Crippen LogP contribution is 2.36. The van der Waals surface area contributed by atoms with Gasteiger partial charge in [0.25, 0.3) is 0 Å². The van der Waals surface area contributed by atoms with Crippen molar-refractivity contribution >= 4 is 5.90 Å². The molecule has 1 heterocycles. The van der Waals surface area contributed by atoms with Gasteiger partial charge in [-0.1, -0.05) is 13.8 Å². The number of ether oxygens (including phenoxy) is 1. The third kappa shape index (κ3) is 2.03. The first-order chi connectivity index (χ1) is 7.59. The van der Waals surface area contributed by atoms with E-state index >= 15 is 0 Å². The fourth-order valence-corrected chi connectivity index (χ4v) is 1.63. The summed E-state index contributed by atoms with van der Waals surface area (Å²) in [5, 5.41) is 10.7. The van der Waals surface area contributed by atoms with Crippen LogP contribution in [0.25, 0.3) is 0 Å². The van der Waals surface area contributed by atoms with Crippen LogP contribution in [0.5, 0.6) is 0 Å². The van der Waals surface area contributed by atoms with Crippen molar-refractivity contribution in [1.82, 2.24) is 0 Å². The summed E-state index contributed by atoms with van der Waals surface area (Å²) < 4.78 is 5.41. The molecule has 1 aliphatic carbocycles. The van der Waals surface area contributed by atoms with Gasteiger partial charge in [0.1, 0.15) is 12.5 Å². The first-order valence-electron chi connectivity index (χ1n) is 5.20. The highest BCUT2D eigenvalue weighted by atomic mass is 16.6. The summed E-state index contributed by atoms with van der Waals surface area (Å²) in [4.78, 5) is 14.7. The Morgan fingerprint density at radius 1 is 1.56 bits per heavy atom. The summed E-state index contributed by atoms with van der Waals surface area (Å²) >= 11 is 0. The van der Waals surface area contributed by atoms with E-state index in [0.29, 0.717) is 24.3 Å². The predicted octanol–water partition coefficient (Wildman–Crippen LogP) is 1.45. The van der Waals surface area contributed by atoms with E-state index in [9.17, 15) is 10.1 Å². The summed E-state index contributed by atoms with van der Waals surface area (Å²) in [5.74, 6) is 1.26. The van der Waals surface area contributed by atoms with Crippen LogP contribution < -0.4 is 0 Å². The van der Waals surface area contributed by atoms with Gasteiger partial charge in [0.05, 0.1) is 12.5 Å². The lowest BCUT2D eigenvalue weighted by molar-refractivity contribution is -0.454. The lowest BCUT2D eigenvalue weighted by Gasteiger charge is -2.08. The van der Waals surface area contributed by atoms with Gasteiger partial charge in [-0.2, -0.15) is 0 Å². The zero-order valence-corrected chi connectivity index (χ0v) is 9.21. The Morgan fingerprint density at radius 2 is 2.31 bits per heavy atom. The number of rotatable bonds is 3. The van der Waals surface area contributed by atoms with Gasteiger partial charge in [0.2, 0.25) is 0 Å². The summed E-state index contributed by atoms with van der Waals surface area (Å²) in [6.07, 6.45) is 4.77. The average Bonchev–Trinajstić information content (AvgIpc) is 2.86. The second kappa shape index (κ2) is 4.39. The molecule has 1 aliphatic heterocycles. The van der Waals surface area contributed by atoms with Crippen LogP contribution in [0.4, 0.5) is 0 Å². The van der Waals surface area contributed by atoms with Gasteiger partial charge in [0.15, 0.2) is 5.90 Å². The van der Waals surface area contributed by atoms with Crippen LogP contribution in [0.2, 0.25) is 0 Å². The molecule has 2 aliphatic rings. The molecule has 1 atom stereocenters. The average molecular weight is 221 g/mol. The fourth-order valence-electron chi connectivity index (χ4n) is 1.63. The molecular weight excluding hydrogens is 208 g/mol. The molecule has 1 fully saturated rings. The lowest BCUT2D eigenvalue weighted by atomic mass is 10.0. The molecule has 0 aromatic carbocycles. The number of aliphatic imine (C=N–C) groups is 1. The summed E-state index contributed by atoms with van der Waals surface area (Å²) in [7, 11) is 0. The molecule has 5 heteroatoms. The van der Waals surface area contributed by atoms with Crippen molar-refractivity contribution in [3.63, 3.8) is 0 Å². The van der Waals surface area contributed by atoms with Crippen LogP contribution >= 0.6 is 0 Å². The van der Waals surface area contributed by atoms with E-state index in [1.807, 2.05) is 0 Å². The van der Waals surface area contributed by atoms with Gasteiger partial charge in [-0.25, -0.2) is 4.99 Å². The zero-order valence-electron chi connectivity index (χ0n) is 9.21. The molecule has 0 spiro atoms. The van der Waals surface area contributed by atoms with E-state index in [0.717, 1.165) is 0 Å². The summed E-state index contributed by atoms with van der Waals surface area (Å²) in [6, 6.07) is 0.160. The molecule has 1 saturated carbocycles. The molecule has 0 N–H and O–H groups in total. The Labute approximate surface area is 95.0 Å². The van der Waals surface area contributed by atoms with Crippen LogP contribution in [-0.4, -0.2) is 23.5 Å². The molecule has 5 nitrogen and oxygen atoms in total. The van der Waals surface area contributed by atoms with Gasteiger partial charge < -0.3 is 4.74 Å². The lowest BCUT2D eigenvalue weighted by Crippen LogP contribution is -2.21. The first-order valence-corrected chi connectivity index (χ1v) is 5.20. The van der Waals surface area contributed by atoms with Crippen molar-refractivity contribution in [2.45, 2.75) is 19.9 Å². The van der Waals surface area contributed by atoms with E-state index in [1.165, 1.54) is 6.42 Å². The van der Waals surface area contributed by atoms with E-state index in [4.69, 9.17) is 4.74 Å². The van der Waals surface area contributed by atoms with Crippen LogP contribution in [0.3, 0.4) is 0 Å². The molecule has 0 unspecified atom stereocenters. The maximum atomic E-state index is 10.7. The fraction of sp³-hybridized carbons (Fsp3) is 0.455. The van der Waals surface area contributed by atoms with E-state index < -0.39 is 4.92 Å². The Kier molecular flexibility index (Phi) is 3.12. The quantitative estimate of drug-likeness (QED) is 0.535. The largest absolute Gasteiger partial charge is 0.478 e. The predicted molar refractivity (Wildman–Crippen MR) is 58.4 cm³/mol. The van der Waals surface area contributed by atoms with Gasteiger partial charge in [-0.15, -0.1) is 0 Å². The zero-order chi connectivity index (χ0) is 11.7. The number of nitrogens with zero attached hydrogens (tertiary/aromatic N) is 2. The van der Waals surface area contributed by atoms with E-state index in [2.05, 4.69) is 18.8 Å². The Balaban J connectivity index is 2.08. The monoisotopic (exact) mass is 221 g/mol. The molecule has 0 aromatic rings. The standard InChI is InChI=1S/C11H13N2O3/c1-7(2)9-6-16-11(12-9)8-4-3-5-10(8)13(14)15/h3-5,7,9H,6H2,1-2H3/t9-/m0/s1. The van der Waals surface area contributed by atoms with E-state index in [1.54, 1.807) is 12.8 Å². The summed E-state index contributed by atoms with van der Waals surface area (Å²) in [6.45, 7) is 4.62. The number of hydrogen-bond donors (Lipinski definition) is 0. The van der Waals surface area contributed by atoms with Crippen LogP contribution in [0, 0.1) is 47.3 Å². The second-order valence-corrected chi connectivity index (χ2v) is 4.14. The van der Waals surface area contributed by atoms with Crippen molar-refractivity contribution in [3.05, 3.63) is 41.3 Å². The molecule has 85 valence electrons. The number of nitro groups is 1. The number of hydrogen-bond acceptors (Lipinski definition) is 4. The SMILES string of the molecule is CC(C)[C@@H]1COC([C]2[CH][CH][CH][C]2[N+](=O)[O-])=N1. The minimum atomic E-state index is -0.413. The molecule has 16 heavy (non-hydrogen) atoms. The maximum absolute atomic E-state index is 10.7. The van der Waals surface area contributed by atoms with Crippen LogP contribution in [-0.2, 0) is 4.74 Å². The topological polar surface area (TPSA) is 64.7 Å². The first kappa shape index (κ1) is 11.4. The highest BCUT2D eigenvalue weighted by Gasteiger charge is 2.46. The molecule has 0 saturated heterocycles. The highest BCUT2D eigenvalue weighted by molar-refractivity contribution is 5.97. The Morgan fingerprint density at radius 3 is 2.88 bits per heavy atom. The molecule has 2 rings (SSSR count). The smallest absolute Gasteiger partial charge is 0.311 e. The van der Waals surface area contributed by atoms with Crippen molar-refractivity contribution in [2.24, 2.45) is 10.9 Å².